The number of hydrogen-bond donors (Lipinski definition) is 1. The Balaban J connectivity index is 1.83. The van der Waals surface area contributed by atoms with Crippen molar-refractivity contribution in [2.75, 3.05) is 39.7 Å². The average Bonchev–Trinajstić information content (AvgIpc) is 2.93. The topological polar surface area (TPSA) is 94.2 Å². The maximum Gasteiger partial charge on any atom is 0.242 e. The summed E-state index contributed by atoms with van der Waals surface area (Å²) in [5.74, 6) is 0.956. The standard InChI is InChI=1S/C20H23ClN2O6S/c1-23(2)30(25,26)14-5-6-17(27-3)16(12-14)22-19(24)11-13-9-15(21)20-18(10-13)28-7-4-8-29-20/h5-6,9-10,12H,4,7-8,11H2,1-3H3,(H,22,24). The summed E-state index contributed by atoms with van der Waals surface area (Å²) in [7, 11) is 0.652. The number of carbonyl (C=O) groups is 1. The first kappa shape index (κ1) is 22.2. The predicted octanol–water partition coefficient (Wildman–Crippen LogP) is 2.94. The molecule has 0 aliphatic carbocycles. The minimum absolute atomic E-state index is 0.00414. The van der Waals surface area contributed by atoms with Crippen molar-refractivity contribution in [3.8, 4) is 17.2 Å². The maximum absolute atomic E-state index is 12.7. The number of ether oxygens (including phenoxy) is 3. The van der Waals surface area contributed by atoms with Gasteiger partial charge in [0.2, 0.25) is 15.9 Å². The third kappa shape index (κ3) is 4.80. The largest absolute Gasteiger partial charge is 0.495 e. The van der Waals surface area contributed by atoms with Crippen molar-refractivity contribution in [2.45, 2.75) is 17.7 Å². The summed E-state index contributed by atoms with van der Waals surface area (Å²) >= 11 is 6.28. The van der Waals surface area contributed by atoms with Crippen molar-refractivity contribution in [3.05, 3.63) is 40.9 Å². The summed E-state index contributed by atoms with van der Waals surface area (Å²) in [6.45, 7) is 1.02. The Morgan fingerprint density at radius 3 is 2.63 bits per heavy atom. The number of fused-ring (bicyclic) bond motifs is 1. The highest BCUT2D eigenvalue weighted by molar-refractivity contribution is 7.89. The Labute approximate surface area is 180 Å². The highest BCUT2D eigenvalue weighted by Gasteiger charge is 2.21. The zero-order chi connectivity index (χ0) is 21.9. The lowest BCUT2D eigenvalue weighted by molar-refractivity contribution is -0.115. The number of halogens is 1. The zero-order valence-electron chi connectivity index (χ0n) is 16.9. The predicted molar refractivity (Wildman–Crippen MR) is 113 cm³/mol. The summed E-state index contributed by atoms with van der Waals surface area (Å²) in [6.07, 6.45) is 0.747. The molecular formula is C20H23ClN2O6S. The molecular weight excluding hydrogens is 432 g/mol. The number of amides is 1. The number of anilines is 1. The molecule has 162 valence electrons. The van der Waals surface area contributed by atoms with Crippen LogP contribution in [0.15, 0.2) is 35.2 Å². The van der Waals surface area contributed by atoms with Gasteiger partial charge in [0.05, 0.1) is 42.3 Å². The van der Waals surface area contributed by atoms with Crippen LogP contribution in [0.2, 0.25) is 5.02 Å². The normalized spacial score (nSPS) is 13.6. The number of rotatable bonds is 6. The Bertz CT molecular complexity index is 1060. The van der Waals surface area contributed by atoms with E-state index in [0.717, 1.165) is 10.7 Å². The van der Waals surface area contributed by atoms with Crippen molar-refractivity contribution >= 4 is 33.2 Å². The monoisotopic (exact) mass is 454 g/mol. The molecule has 10 heteroatoms. The first-order valence-electron chi connectivity index (χ1n) is 9.21. The van der Waals surface area contributed by atoms with Gasteiger partial charge in [0.25, 0.3) is 0 Å². The van der Waals surface area contributed by atoms with E-state index in [2.05, 4.69) is 5.32 Å². The third-order valence-corrected chi connectivity index (χ3v) is 6.54. The van der Waals surface area contributed by atoms with Gasteiger partial charge >= 0.3 is 0 Å². The first-order chi connectivity index (χ1) is 14.2. The van der Waals surface area contributed by atoms with Crippen molar-refractivity contribution < 1.29 is 27.4 Å². The lowest BCUT2D eigenvalue weighted by atomic mass is 10.1. The molecule has 0 radical (unpaired) electrons. The second-order valence-electron chi connectivity index (χ2n) is 6.83. The zero-order valence-corrected chi connectivity index (χ0v) is 18.5. The molecule has 1 amide bonds. The van der Waals surface area contributed by atoms with Crippen LogP contribution in [0.1, 0.15) is 12.0 Å². The molecule has 0 fully saturated rings. The van der Waals surface area contributed by atoms with Gasteiger partial charge in [-0.05, 0) is 35.9 Å². The molecule has 0 saturated heterocycles. The molecule has 0 saturated carbocycles. The van der Waals surface area contributed by atoms with E-state index >= 15 is 0 Å². The quantitative estimate of drug-likeness (QED) is 0.721. The van der Waals surface area contributed by atoms with Crippen molar-refractivity contribution in [2.24, 2.45) is 0 Å². The number of nitrogens with one attached hydrogen (secondary N) is 1. The minimum atomic E-state index is -3.66. The van der Waals surface area contributed by atoms with Crippen LogP contribution in [-0.2, 0) is 21.2 Å². The van der Waals surface area contributed by atoms with Crippen molar-refractivity contribution in [1.82, 2.24) is 4.31 Å². The molecule has 30 heavy (non-hydrogen) atoms. The van der Waals surface area contributed by atoms with E-state index in [4.69, 9.17) is 25.8 Å². The van der Waals surface area contributed by atoms with Crippen LogP contribution in [0.5, 0.6) is 17.2 Å². The molecule has 1 aliphatic rings. The molecule has 0 bridgehead atoms. The van der Waals surface area contributed by atoms with Gasteiger partial charge < -0.3 is 19.5 Å². The molecule has 2 aromatic carbocycles. The molecule has 1 aliphatic heterocycles. The number of sulfonamides is 1. The van der Waals surface area contributed by atoms with E-state index in [9.17, 15) is 13.2 Å². The van der Waals surface area contributed by atoms with E-state index in [-0.39, 0.29) is 22.9 Å². The summed E-state index contributed by atoms with van der Waals surface area (Å²) in [6, 6.07) is 7.66. The highest BCUT2D eigenvalue weighted by Crippen LogP contribution is 2.38. The number of nitrogens with zero attached hydrogens (tertiary/aromatic N) is 1. The summed E-state index contributed by atoms with van der Waals surface area (Å²) < 4.78 is 42.4. The SMILES string of the molecule is COc1ccc(S(=O)(=O)N(C)C)cc1NC(=O)Cc1cc(Cl)c2c(c1)OCCCO2. The van der Waals surface area contributed by atoms with E-state index < -0.39 is 10.0 Å². The fraction of sp³-hybridized carbons (Fsp3) is 0.350. The van der Waals surface area contributed by atoms with E-state index in [0.29, 0.717) is 41.0 Å². The van der Waals surface area contributed by atoms with Crippen LogP contribution < -0.4 is 19.5 Å². The van der Waals surface area contributed by atoms with Crippen LogP contribution in [0.4, 0.5) is 5.69 Å². The molecule has 0 unspecified atom stereocenters. The molecule has 3 rings (SSSR count). The fourth-order valence-corrected chi connectivity index (χ4v) is 4.14. The first-order valence-corrected chi connectivity index (χ1v) is 11.0. The Kier molecular flexibility index (Phi) is 6.74. The van der Waals surface area contributed by atoms with Crippen LogP contribution in [0, 0.1) is 0 Å². The van der Waals surface area contributed by atoms with Crippen LogP contribution >= 0.6 is 11.6 Å². The highest BCUT2D eigenvalue weighted by atomic mass is 35.5. The number of hydrogen-bond acceptors (Lipinski definition) is 6. The van der Waals surface area contributed by atoms with Gasteiger partial charge in [-0.25, -0.2) is 12.7 Å². The van der Waals surface area contributed by atoms with Gasteiger partial charge in [-0.15, -0.1) is 0 Å². The lowest BCUT2D eigenvalue weighted by Crippen LogP contribution is -2.22. The molecule has 0 spiro atoms. The van der Waals surface area contributed by atoms with Gasteiger partial charge in [0.1, 0.15) is 5.75 Å². The summed E-state index contributed by atoms with van der Waals surface area (Å²) in [5.41, 5.74) is 0.892. The lowest BCUT2D eigenvalue weighted by Gasteiger charge is -2.15. The van der Waals surface area contributed by atoms with E-state index in [1.165, 1.54) is 39.4 Å². The Morgan fingerprint density at radius 2 is 1.93 bits per heavy atom. The molecule has 1 N–H and O–H groups in total. The molecule has 2 aromatic rings. The van der Waals surface area contributed by atoms with Gasteiger partial charge in [-0.3, -0.25) is 4.79 Å². The molecule has 8 nitrogen and oxygen atoms in total. The second-order valence-corrected chi connectivity index (χ2v) is 9.39. The van der Waals surface area contributed by atoms with Gasteiger partial charge in [-0.2, -0.15) is 0 Å². The minimum Gasteiger partial charge on any atom is -0.495 e. The molecule has 1 heterocycles. The molecule has 0 aromatic heterocycles. The van der Waals surface area contributed by atoms with E-state index in [1.807, 2.05) is 0 Å². The van der Waals surface area contributed by atoms with Crippen molar-refractivity contribution in [1.29, 1.82) is 0 Å². The average molecular weight is 455 g/mol. The number of carbonyl (C=O) groups excluding carboxylic acids is 1. The summed E-state index contributed by atoms with van der Waals surface area (Å²) in [4.78, 5) is 12.7. The fourth-order valence-electron chi connectivity index (χ4n) is 2.92. The van der Waals surface area contributed by atoms with Crippen LogP contribution in [0.25, 0.3) is 0 Å². The third-order valence-electron chi connectivity index (χ3n) is 4.45. The van der Waals surface area contributed by atoms with Gasteiger partial charge in [0.15, 0.2) is 11.5 Å². The Hall–Kier alpha value is -2.49. The summed E-state index contributed by atoms with van der Waals surface area (Å²) in [5, 5.41) is 3.08. The van der Waals surface area contributed by atoms with Crippen LogP contribution in [-0.4, -0.2) is 53.0 Å². The van der Waals surface area contributed by atoms with E-state index in [1.54, 1.807) is 12.1 Å². The van der Waals surface area contributed by atoms with Crippen LogP contribution in [0.3, 0.4) is 0 Å². The second kappa shape index (κ2) is 9.11. The number of methoxy groups -OCH3 is 1. The van der Waals surface area contributed by atoms with Crippen molar-refractivity contribution in [3.63, 3.8) is 0 Å². The number of benzene rings is 2. The van der Waals surface area contributed by atoms with Gasteiger partial charge in [-0.1, -0.05) is 11.6 Å². The van der Waals surface area contributed by atoms with Gasteiger partial charge in [0, 0.05) is 20.5 Å². The molecule has 0 atom stereocenters. The maximum atomic E-state index is 12.7. The Morgan fingerprint density at radius 1 is 1.20 bits per heavy atom. The smallest absolute Gasteiger partial charge is 0.242 e.